The van der Waals surface area contributed by atoms with E-state index in [2.05, 4.69) is 38.0 Å². The number of nitrogens with zero attached hydrogens (tertiary/aromatic N) is 1. The molecule has 0 aromatic heterocycles. The minimum absolute atomic E-state index is 0.488. The average molecular weight is 240 g/mol. The lowest BCUT2D eigenvalue weighted by molar-refractivity contribution is 0.139. The summed E-state index contributed by atoms with van der Waals surface area (Å²) in [6, 6.07) is 0. The summed E-state index contributed by atoms with van der Waals surface area (Å²) in [5.41, 5.74) is 0.488. The van der Waals surface area contributed by atoms with Crippen molar-refractivity contribution in [2.24, 2.45) is 11.3 Å². The van der Waals surface area contributed by atoms with Crippen molar-refractivity contribution < 1.29 is 0 Å². The van der Waals surface area contributed by atoms with Gasteiger partial charge in [0.15, 0.2) is 0 Å². The van der Waals surface area contributed by atoms with E-state index in [0.717, 1.165) is 12.5 Å². The predicted molar refractivity (Wildman–Crippen MR) is 76.4 cm³/mol. The standard InChI is InChI=1S/C15H32N2/c1-5-15(6-2,12-16-4)13-17-10-7-8-14(3)9-11-17/h14,16H,5-13H2,1-4H3. The van der Waals surface area contributed by atoms with Crippen LogP contribution in [0.5, 0.6) is 0 Å². The third kappa shape index (κ3) is 4.59. The van der Waals surface area contributed by atoms with Gasteiger partial charge in [-0.05, 0) is 63.6 Å². The predicted octanol–water partition coefficient (Wildman–Crippen LogP) is 3.13. The molecule has 0 saturated carbocycles. The van der Waals surface area contributed by atoms with Crippen LogP contribution in [0.15, 0.2) is 0 Å². The second-order valence-corrected chi connectivity index (χ2v) is 6.05. The molecule has 17 heavy (non-hydrogen) atoms. The monoisotopic (exact) mass is 240 g/mol. The van der Waals surface area contributed by atoms with Crippen LogP contribution in [0.25, 0.3) is 0 Å². The first-order chi connectivity index (χ1) is 8.15. The quantitative estimate of drug-likeness (QED) is 0.767. The topological polar surface area (TPSA) is 15.3 Å². The first-order valence-electron chi connectivity index (χ1n) is 7.52. The van der Waals surface area contributed by atoms with Gasteiger partial charge in [0, 0.05) is 13.1 Å². The molecule has 0 bridgehead atoms. The summed E-state index contributed by atoms with van der Waals surface area (Å²) < 4.78 is 0. The first kappa shape index (κ1) is 15.0. The molecule has 2 heteroatoms. The Morgan fingerprint density at radius 2 is 1.88 bits per heavy atom. The molecular weight excluding hydrogens is 208 g/mol. The Balaban J connectivity index is 2.53. The van der Waals surface area contributed by atoms with Gasteiger partial charge in [-0.1, -0.05) is 20.8 Å². The van der Waals surface area contributed by atoms with Gasteiger partial charge in [0.25, 0.3) is 0 Å². The van der Waals surface area contributed by atoms with Gasteiger partial charge >= 0.3 is 0 Å². The lowest BCUT2D eigenvalue weighted by atomic mass is 9.81. The van der Waals surface area contributed by atoms with Crippen molar-refractivity contribution >= 4 is 0 Å². The Kier molecular flexibility index (Phi) is 6.50. The Bertz CT molecular complexity index is 199. The second-order valence-electron chi connectivity index (χ2n) is 6.05. The Hall–Kier alpha value is -0.0800. The summed E-state index contributed by atoms with van der Waals surface area (Å²) in [6.07, 6.45) is 6.79. The van der Waals surface area contributed by atoms with Crippen molar-refractivity contribution in [1.82, 2.24) is 10.2 Å². The third-order valence-corrected chi connectivity index (χ3v) is 4.72. The minimum Gasteiger partial charge on any atom is -0.319 e. The lowest BCUT2D eigenvalue weighted by Gasteiger charge is -2.37. The van der Waals surface area contributed by atoms with Crippen LogP contribution in [-0.2, 0) is 0 Å². The van der Waals surface area contributed by atoms with E-state index in [1.165, 1.54) is 51.7 Å². The van der Waals surface area contributed by atoms with Gasteiger partial charge in [-0.25, -0.2) is 0 Å². The molecule has 1 fully saturated rings. The molecule has 1 saturated heterocycles. The van der Waals surface area contributed by atoms with Crippen molar-refractivity contribution in [3.8, 4) is 0 Å². The fraction of sp³-hybridized carbons (Fsp3) is 1.00. The van der Waals surface area contributed by atoms with Gasteiger partial charge in [-0.15, -0.1) is 0 Å². The van der Waals surface area contributed by atoms with Gasteiger partial charge in [0.1, 0.15) is 0 Å². The molecule has 2 nitrogen and oxygen atoms in total. The van der Waals surface area contributed by atoms with Crippen LogP contribution in [-0.4, -0.2) is 38.1 Å². The molecule has 1 N–H and O–H groups in total. The highest BCUT2D eigenvalue weighted by atomic mass is 15.1. The summed E-state index contributed by atoms with van der Waals surface area (Å²) in [7, 11) is 2.09. The molecule has 0 amide bonds. The van der Waals surface area contributed by atoms with E-state index in [9.17, 15) is 0 Å². The van der Waals surface area contributed by atoms with Crippen molar-refractivity contribution in [3.63, 3.8) is 0 Å². The fourth-order valence-electron chi connectivity index (χ4n) is 3.11. The van der Waals surface area contributed by atoms with Crippen molar-refractivity contribution in [2.75, 3.05) is 33.2 Å². The summed E-state index contributed by atoms with van der Waals surface area (Å²) >= 11 is 0. The van der Waals surface area contributed by atoms with Crippen molar-refractivity contribution in [3.05, 3.63) is 0 Å². The van der Waals surface area contributed by atoms with E-state index in [1.54, 1.807) is 0 Å². The van der Waals surface area contributed by atoms with Gasteiger partial charge < -0.3 is 10.2 Å². The van der Waals surface area contributed by atoms with Gasteiger partial charge in [0.2, 0.25) is 0 Å². The first-order valence-corrected chi connectivity index (χ1v) is 7.52. The Labute approximate surface area is 108 Å². The van der Waals surface area contributed by atoms with Gasteiger partial charge in [0.05, 0.1) is 0 Å². The molecular formula is C15H32N2. The van der Waals surface area contributed by atoms with E-state index in [4.69, 9.17) is 0 Å². The highest BCUT2D eigenvalue weighted by molar-refractivity contribution is 4.83. The molecule has 1 heterocycles. The van der Waals surface area contributed by atoms with E-state index in [-0.39, 0.29) is 0 Å². The minimum atomic E-state index is 0.488. The van der Waals surface area contributed by atoms with E-state index in [0.29, 0.717) is 5.41 Å². The molecule has 0 radical (unpaired) electrons. The summed E-state index contributed by atoms with van der Waals surface area (Å²) in [5, 5.41) is 3.40. The SMILES string of the molecule is CCC(CC)(CNC)CN1CCCC(C)CC1. The van der Waals surface area contributed by atoms with Crippen LogP contribution in [0, 0.1) is 11.3 Å². The van der Waals surface area contributed by atoms with Crippen LogP contribution in [0.3, 0.4) is 0 Å². The molecule has 1 atom stereocenters. The number of rotatable bonds is 6. The van der Waals surface area contributed by atoms with Gasteiger partial charge in [-0.2, -0.15) is 0 Å². The van der Waals surface area contributed by atoms with E-state index in [1.807, 2.05) is 0 Å². The fourth-order valence-corrected chi connectivity index (χ4v) is 3.11. The summed E-state index contributed by atoms with van der Waals surface area (Å²) in [5.74, 6) is 0.932. The van der Waals surface area contributed by atoms with Crippen LogP contribution >= 0.6 is 0 Å². The molecule has 0 aromatic rings. The van der Waals surface area contributed by atoms with Crippen molar-refractivity contribution in [2.45, 2.75) is 52.9 Å². The molecule has 0 spiro atoms. The highest BCUT2D eigenvalue weighted by Gasteiger charge is 2.28. The Morgan fingerprint density at radius 3 is 2.47 bits per heavy atom. The molecule has 1 aliphatic rings. The van der Waals surface area contributed by atoms with Gasteiger partial charge in [-0.3, -0.25) is 0 Å². The third-order valence-electron chi connectivity index (χ3n) is 4.72. The summed E-state index contributed by atoms with van der Waals surface area (Å²) in [4.78, 5) is 2.72. The molecule has 1 aliphatic heterocycles. The average Bonchev–Trinajstić information content (AvgIpc) is 2.54. The smallest absolute Gasteiger partial charge is 0.00499 e. The zero-order valence-corrected chi connectivity index (χ0v) is 12.4. The van der Waals surface area contributed by atoms with E-state index < -0.39 is 0 Å². The Morgan fingerprint density at radius 1 is 1.18 bits per heavy atom. The van der Waals surface area contributed by atoms with Crippen LogP contribution in [0.2, 0.25) is 0 Å². The number of hydrogen-bond donors (Lipinski definition) is 1. The number of nitrogens with one attached hydrogen (secondary N) is 1. The lowest BCUT2D eigenvalue weighted by Crippen LogP contribution is -2.43. The maximum absolute atomic E-state index is 3.40. The van der Waals surface area contributed by atoms with Crippen LogP contribution in [0.1, 0.15) is 52.9 Å². The zero-order valence-electron chi connectivity index (χ0n) is 12.4. The normalized spacial score (nSPS) is 23.6. The van der Waals surface area contributed by atoms with E-state index >= 15 is 0 Å². The highest BCUT2D eigenvalue weighted by Crippen LogP contribution is 2.28. The zero-order chi connectivity index (χ0) is 12.7. The number of likely N-dealkylation sites (tertiary alicyclic amines) is 1. The second kappa shape index (κ2) is 7.38. The van der Waals surface area contributed by atoms with Crippen LogP contribution < -0.4 is 5.32 Å². The molecule has 0 aromatic carbocycles. The maximum Gasteiger partial charge on any atom is 0.00499 e. The number of hydrogen-bond acceptors (Lipinski definition) is 2. The molecule has 102 valence electrons. The van der Waals surface area contributed by atoms with Crippen molar-refractivity contribution in [1.29, 1.82) is 0 Å². The maximum atomic E-state index is 3.40. The molecule has 1 rings (SSSR count). The van der Waals surface area contributed by atoms with Crippen LogP contribution in [0.4, 0.5) is 0 Å². The molecule has 1 unspecified atom stereocenters. The largest absolute Gasteiger partial charge is 0.319 e. The summed E-state index contributed by atoms with van der Waals surface area (Å²) in [6.45, 7) is 12.2. The molecule has 0 aliphatic carbocycles.